The zero-order chi connectivity index (χ0) is 8.43. The minimum atomic E-state index is 0. The number of aromatic nitrogens is 2. The Morgan fingerprint density at radius 3 is 2.31 bits per heavy atom. The first-order chi connectivity index (χ1) is 5.16. The fourth-order valence-electron chi connectivity index (χ4n) is 0.985. The number of rotatable bonds is 2. The fourth-order valence-corrected chi connectivity index (χ4v) is 0.985. The molecule has 1 aromatic rings. The van der Waals surface area contributed by atoms with Crippen LogP contribution in [0.5, 0.6) is 0 Å². The van der Waals surface area contributed by atoms with Gasteiger partial charge in [-0.3, -0.25) is 10.7 Å². The number of nitrogens with zero attached hydrogens (tertiary/aromatic N) is 2. The maximum Gasteiger partial charge on any atom is 0.153 e. The summed E-state index contributed by atoms with van der Waals surface area (Å²) in [6.07, 6.45) is 1.71. The van der Waals surface area contributed by atoms with E-state index in [9.17, 15) is 0 Å². The number of anilines is 1. The molecule has 0 aliphatic carbocycles. The van der Waals surface area contributed by atoms with Gasteiger partial charge in [-0.2, -0.15) is 0 Å². The third-order valence-corrected chi connectivity index (χ3v) is 1.64. The maximum atomic E-state index is 8.73. The molecule has 13 heavy (non-hydrogen) atoms. The molecule has 0 saturated heterocycles. The lowest BCUT2D eigenvalue weighted by molar-refractivity contribution is 0.378. The molecule has 0 atom stereocenters. The Kier molecular flexibility index (Phi) is 6.12. The molecule has 0 bridgehead atoms. The van der Waals surface area contributed by atoms with Crippen LogP contribution in [0, 0.1) is 6.92 Å². The van der Waals surface area contributed by atoms with Crippen LogP contribution < -0.4 is 5.48 Å². The van der Waals surface area contributed by atoms with Gasteiger partial charge in [0.25, 0.3) is 0 Å². The van der Waals surface area contributed by atoms with E-state index in [1.165, 1.54) is 0 Å². The minimum Gasteiger partial charge on any atom is -0.412 e. The van der Waals surface area contributed by atoms with Gasteiger partial charge in [-0.15, -0.1) is 0 Å². The summed E-state index contributed by atoms with van der Waals surface area (Å²) in [6.45, 7) is 5.90. The lowest BCUT2D eigenvalue weighted by Gasteiger charge is -2.10. The second kappa shape index (κ2) is 5.52. The van der Waals surface area contributed by atoms with E-state index in [0.29, 0.717) is 11.9 Å². The van der Waals surface area contributed by atoms with Crippen molar-refractivity contribution in [3.63, 3.8) is 0 Å². The normalized spacial score (nSPS) is 9.00. The van der Waals surface area contributed by atoms with E-state index in [2.05, 4.69) is 10.5 Å². The predicted molar refractivity (Wildman–Crippen MR) is 50.0 cm³/mol. The van der Waals surface area contributed by atoms with Gasteiger partial charge in [0.1, 0.15) is 0 Å². The summed E-state index contributed by atoms with van der Waals surface area (Å²) in [7, 11) is 0. The van der Waals surface area contributed by atoms with E-state index in [4.69, 9.17) is 5.21 Å². The van der Waals surface area contributed by atoms with E-state index in [0.717, 1.165) is 5.69 Å². The van der Waals surface area contributed by atoms with Gasteiger partial charge in [0.15, 0.2) is 5.82 Å². The van der Waals surface area contributed by atoms with Gasteiger partial charge in [0.05, 0.1) is 12.0 Å². The van der Waals surface area contributed by atoms with Crippen LogP contribution in [0.1, 0.15) is 25.6 Å². The van der Waals surface area contributed by atoms with Crippen LogP contribution in [0.4, 0.5) is 5.82 Å². The van der Waals surface area contributed by atoms with Gasteiger partial charge in [0, 0.05) is 6.04 Å². The minimum absolute atomic E-state index is 0. The molecule has 6 nitrogen and oxygen atoms in total. The van der Waals surface area contributed by atoms with Crippen molar-refractivity contribution in [1.29, 1.82) is 0 Å². The highest BCUT2D eigenvalue weighted by atomic mass is 16.5. The molecule has 0 radical (unpaired) electrons. The molecule has 0 unspecified atom stereocenters. The Balaban J connectivity index is 0. The number of aryl methyl sites for hydroxylation is 1. The zero-order valence-electron chi connectivity index (χ0n) is 8.00. The van der Waals surface area contributed by atoms with Gasteiger partial charge in [-0.1, -0.05) is 0 Å². The SMILES string of the molecule is Cc1ncn(C(C)C)c1NO.O.O. The van der Waals surface area contributed by atoms with Gasteiger partial charge >= 0.3 is 0 Å². The van der Waals surface area contributed by atoms with Crippen LogP contribution >= 0.6 is 0 Å². The number of imidazole rings is 1. The topological polar surface area (TPSA) is 113 Å². The Hall–Kier alpha value is -1.11. The van der Waals surface area contributed by atoms with Crippen molar-refractivity contribution in [2.45, 2.75) is 26.8 Å². The van der Waals surface area contributed by atoms with Crippen LogP contribution in [0.25, 0.3) is 0 Å². The fraction of sp³-hybridized carbons (Fsp3) is 0.571. The first-order valence-electron chi connectivity index (χ1n) is 3.60. The highest BCUT2D eigenvalue weighted by Crippen LogP contribution is 2.17. The summed E-state index contributed by atoms with van der Waals surface area (Å²) in [4.78, 5) is 4.05. The molecular formula is C7H17N3O3. The van der Waals surface area contributed by atoms with Crippen molar-refractivity contribution >= 4 is 5.82 Å². The van der Waals surface area contributed by atoms with Crippen LogP contribution in [0.2, 0.25) is 0 Å². The predicted octanol–water partition coefficient (Wildman–Crippen LogP) is -0.0759. The summed E-state index contributed by atoms with van der Waals surface area (Å²) in [5, 5.41) is 8.73. The van der Waals surface area contributed by atoms with Crippen molar-refractivity contribution in [2.75, 3.05) is 5.48 Å². The first kappa shape index (κ1) is 14.4. The standard InChI is InChI=1S/C7H13N3O.2H2O/c1-5(2)10-4-8-6(3)7(10)9-11;;/h4-5,9,11H,1-3H3;2*1H2. The summed E-state index contributed by atoms with van der Waals surface area (Å²) in [5.41, 5.74) is 2.93. The number of hydrogen-bond donors (Lipinski definition) is 2. The summed E-state index contributed by atoms with van der Waals surface area (Å²) in [5.74, 6) is 0.667. The van der Waals surface area contributed by atoms with Crippen molar-refractivity contribution in [1.82, 2.24) is 9.55 Å². The highest BCUT2D eigenvalue weighted by Gasteiger charge is 2.07. The molecule has 0 saturated carbocycles. The summed E-state index contributed by atoms with van der Waals surface area (Å²) >= 11 is 0. The third kappa shape index (κ3) is 2.69. The molecular weight excluding hydrogens is 174 g/mol. The van der Waals surface area contributed by atoms with Crippen molar-refractivity contribution in [2.24, 2.45) is 0 Å². The molecule has 1 rings (SSSR count). The highest BCUT2D eigenvalue weighted by molar-refractivity contribution is 5.38. The van der Waals surface area contributed by atoms with Crippen LogP contribution in [-0.4, -0.2) is 25.7 Å². The monoisotopic (exact) mass is 191 g/mol. The van der Waals surface area contributed by atoms with Gasteiger partial charge in [0.2, 0.25) is 0 Å². The Morgan fingerprint density at radius 2 is 2.00 bits per heavy atom. The molecule has 6 heteroatoms. The molecule has 0 aromatic carbocycles. The average Bonchev–Trinajstić information content (AvgIpc) is 2.30. The van der Waals surface area contributed by atoms with E-state index in [1.807, 2.05) is 25.3 Å². The molecule has 1 heterocycles. The quantitative estimate of drug-likeness (QED) is 0.637. The molecule has 0 fully saturated rings. The van der Waals surface area contributed by atoms with Crippen LogP contribution in [-0.2, 0) is 0 Å². The largest absolute Gasteiger partial charge is 0.412 e. The molecule has 1 aromatic heterocycles. The van der Waals surface area contributed by atoms with Crippen LogP contribution in [0.3, 0.4) is 0 Å². The molecule has 0 aliphatic heterocycles. The molecule has 78 valence electrons. The molecule has 0 spiro atoms. The van der Waals surface area contributed by atoms with Crippen molar-refractivity contribution in [3.8, 4) is 0 Å². The maximum absolute atomic E-state index is 8.73. The third-order valence-electron chi connectivity index (χ3n) is 1.64. The summed E-state index contributed by atoms with van der Waals surface area (Å²) < 4.78 is 1.87. The number of hydrogen-bond acceptors (Lipinski definition) is 3. The first-order valence-corrected chi connectivity index (χ1v) is 3.60. The van der Waals surface area contributed by atoms with E-state index < -0.39 is 0 Å². The van der Waals surface area contributed by atoms with Gasteiger partial charge in [-0.25, -0.2) is 4.98 Å². The second-order valence-electron chi connectivity index (χ2n) is 2.79. The van der Waals surface area contributed by atoms with Crippen molar-refractivity contribution in [3.05, 3.63) is 12.0 Å². The van der Waals surface area contributed by atoms with E-state index >= 15 is 0 Å². The van der Waals surface area contributed by atoms with Crippen LogP contribution in [0.15, 0.2) is 6.33 Å². The Bertz CT molecular complexity index is 247. The Labute approximate surface area is 76.8 Å². The molecule has 6 N–H and O–H groups in total. The van der Waals surface area contributed by atoms with E-state index in [-0.39, 0.29) is 11.0 Å². The van der Waals surface area contributed by atoms with Crippen molar-refractivity contribution < 1.29 is 16.2 Å². The zero-order valence-corrected chi connectivity index (χ0v) is 8.00. The van der Waals surface area contributed by atoms with E-state index in [1.54, 1.807) is 6.33 Å². The molecule has 0 aliphatic rings. The smallest absolute Gasteiger partial charge is 0.153 e. The average molecular weight is 191 g/mol. The lowest BCUT2D eigenvalue weighted by Crippen LogP contribution is -2.04. The van der Waals surface area contributed by atoms with Gasteiger partial charge < -0.3 is 15.5 Å². The summed E-state index contributed by atoms with van der Waals surface area (Å²) in [6, 6.07) is 0.311. The van der Waals surface area contributed by atoms with Gasteiger partial charge in [-0.05, 0) is 20.8 Å². The lowest BCUT2D eigenvalue weighted by atomic mass is 10.4. The Morgan fingerprint density at radius 1 is 1.46 bits per heavy atom. The molecule has 0 amide bonds. The second-order valence-corrected chi connectivity index (χ2v) is 2.79. The number of nitrogens with one attached hydrogen (secondary N) is 1.